The van der Waals surface area contributed by atoms with Crippen molar-refractivity contribution >= 4 is 20.0 Å². The number of carbonyl (C=O) groups excluding carboxylic acids is 2. The average Bonchev–Trinajstić information content (AvgIpc) is 3.03. The predicted molar refractivity (Wildman–Crippen MR) is 118 cm³/mol. The molecule has 0 spiro atoms. The van der Waals surface area contributed by atoms with Crippen LogP contribution < -0.4 is 0 Å². The van der Waals surface area contributed by atoms with Crippen LogP contribution >= 0.6 is 0 Å². The number of esters is 2. The van der Waals surface area contributed by atoms with Crippen LogP contribution in [0.3, 0.4) is 0 Å². The van der Waals surface area contributed by atoms with E-state index >= 15 is 0 Å². The van der Waals surface area contributed by atoms with Gasteiger partial charge in [0, 0.05) is 5.56 Å². The summed E-state index contributed by atoms with van der Waals surface area (Å²) >= 11 is 0. The van der Waals surface area contributed by atoms with Crippen LogP contribution in [0.4, 0.5) is 0 Å². The number of carbonyl (C=O) groups is 2. The highest BCUT2D eigenvalue weighted by Gasteiger charge is 2.53. The number of rotatable bonds is 7. The summed E-state index contributed by atoms with van der Waals surface area (Å²) in [6.07, 6.45) is 3.79. The zero-order valence-corrected chi connectivity index (χ0v) is 19.7. The lowest BCUT2D eigenvalue weighted by atomic mass is 9.84. The minimum absolute atomic E-state index is 0.241. The molecular formula is C24H34O4Si. The molecule has 0 radical (unpaired) electrons. The number of hydrogen-bond donors (Lipinski definition) is 0. The van der Waals surface area contributed by atoms with E-state index in [-0.39, 0.29) is 13.2 Å². The lowest BCUT2D eigenvalue weighted by Gasteiger charge is -2.23. The van der Waals surface area contributed by atoms with Crippen molar-refractivity contribution in [3.63, 3.8) is 0 Å². The van der Waals surface area contributed by atoms with E-state index in [1.807, 2.05) is 0 Å². The first-order chi connectivity index (χ1) is 13.7. The van der Waals surface area contributed by atoms with Gasteiger partial charge in [-0.3, -0.25) is 9.59 Å². The lowest BCUT2D eigenvalue weighted by molar-refractivity contribution is -0.171. The maximum Gasteiger partial charge on any atom is 0.324 e. The number of unbranched alkanes of at least 4 members (excludes halogenated alkanes) is 1. The van der Waals surface area contributed by atoms with Crippen LogP contribution in [0.2, 0.25) is 19.6 Å². The van der Waals surface area contributed by atoms with Gasteiger partial charge in [-0.25, -0.2) is 0 Å². The predicted octanol–water partition coefficient (Wildman–Crippen LogP) is 4.47. The second-order valence-electron chi connectivity index (χ2n) is 8.76. The first-order valence-electron chi connectivity index (χ1n) is 10.7. The molecule has 0 unspecified atom stereocenters. The molecule has 29 heavy (non-hydrogen) atoms. The van der Waals surface area contributed by atoms with Crippen LogP contribution in [0, 0.1) is 16.9 Å². The first kappa shape index (κ1) is 23.2. The smallest absolute Gasteiger partial charge is 0.324 e. The molecule has 0 bridgehead atoms. The lowest BCUT2D eigenvalue weighted by Crippen LogP contribution is -2.43. The first-order valence-corrected chi connectivity index (χ1v) is 14.2. The average molecular weight is 415 g/mol. The molecule has 5 heteroatoms. The molecule has 2 rings (SSSR count). The summed E-state index contributed by atoms with van der Waals surface area (Å²) in [6.45, 7) is 12.9. The third-order valence-electron chi connectivity index (χ3n) is 5.11. The van der Waals surface area contributed by atoms with E-state index in [1.165, 1.54) is 5.56 Å². The molecule has 1 aliphatic carbocycles. The van der Waals surface area contributed by atoms with E-state index in [0.29, 0.717) is 12.8 Å². The van der Waals surface area contributed by atoms with Gasteiger partial charge in [-0.2, -0.15) is 0 Å². The number of fused-ring (bicyclic) bond motifs is 1. The van der Waals surface area contributed by atoms with Gasteiger partial charge in [-0.15, -0.1) is 5.54 Å². The van der Waals surface area contributed by atoms with Gasteiger partial charge in [0.2, 0.25) is 0 Å². The van der Waals surface area contributed by atoms with Crippen molar-refractivity contribution in [3.05, 3.63) is 34.4 Å². The van der Waals surface area contributed by atoms with Crippen molar-refractivity contribution < 1.29 is 19.1 Å². The molecule has 4 nitrogen and oxygen atoms in total. The van der Waals surface area contributed by atoms with Gasteiger partial charge < -0.3 is 9.47 Å². The van der Waals surface area contributed by atoms with Crippen molar-refractivity contribution in [3.8, 4) is 11.5 Å². The summed E-state index contributed by atoms with van der Waals surface area (Å²) in [6, 6.07) is 4.24. The molecule has 0 fully saturated rings. The Morgan fingerprint density at radius 2 is 1.55 bits per heavy atom. The second-order valence-corrected chi connectivity index (χ2v) is 13.5. The van der Waals surface area contributed by atoms with Gasteiger partial charge in [0.05, 0.1) is 13.2 Å². The minimum Gasteiger partial charge on any atom is -0.465 e. The van der Waals surface area contributed by atoms with Gasteiger partial charge in [0.15, 0.2) is 5.41 Å². The normalized spacial score (nSPS) is 14.6. The van der Waals surface area contributed by atoms with Gasteiger partial charge in [0.1, 0.15) is 8.07 Å². The van der Waals surface area contributed by atoms with Crippen molar-refractivity contribution in [2.24, 2.45) is 5.41 Å². The number of aryl methyl sites for hydroxylation is 1. The summed E-state index contributed by atoms with van der Waals surface area (Å²) in [5.74, 6) is 2.43. The number of hydrogen-bond acceptors (Lipinski definition) is 4. The molecule has 0 amide bonds. The summed E-state index contributed by atoms with van der Waals surface area (Å²) in [4.78, 5) is 25.6. The molecule has 0 aromatic heterocycles. The third-order valence-corrected chi connectivity index (χ3v) is 5.99. The monoisotopic (exact) mass is 414 g/mol. The Balaban J connectivity index is 2.50. The molecule has 0 saturated carbocycles. The molecule has 0 saturated heterocycles. The van der Waals surface area contributed by atoms with Gasteiger partial charge in [0.25, 0.3) is 0 Å². The Bertz CT molecular complexity index is 806. The maximum absolute atomic E-state index is 12.8. The molecule has 1 aromatic carbocycles. The summed E-state index contributed by atoms with van der Waals surface area (Å²) in [5, 5.41) is 0. The van der Waals surface area contributed by atoms with Gasteiger partial charge >= 0.3 is 11.9 Å². The molecule has 0 heterocycles. The molecule has 0 aliphatic heterocycles. The molecule has 1 aliphatic rings. The quantitative estimate of drug-likeness (QED) is 0.286. The van der Waals surface area contributed by atoms with Gasteiger partial charge in [-0.05, 0) is 62.3 Å². The minimum atomic E-state index is -1.51. The topological polar surface area (TPSA) is 52.6 Å². The van der Waals surface area contributed by atoms with E-state index in [1.54, 1.807) is 13.8 Å². The van der Waals surface area contributed by atoms with Crippen LogP contribution in [0.25, 0.3) is 0 Å². The molecule has 1 aromatic rings. The SMILES string of the molecule is CCCCc1cc2c(cc1C#C[Si](C)(C)C)CC(C(=O)OCC)(C(=O)OCC)C2. The van der Waals surface area contributed by atoms with Crippen LogP contribution in [0.1, 0.15) is 55.9 Å². The highest BCUT2D eigenvalue weighted by atomic mass is 28.3. The number of benzene rings is 1. The van der Waals surface area contributed by atoms with Crippen molar-refractivity contribution in [2.75, 3.05) is 13.2 Å². The van der Waals surface area contributed by atoms with E-state index in [2.05, 4.69) is 50.2 Å². The Kier molecular flexibility index (Phi) is 7.71. The molecule has 158 valence electrons. The fraction of sp³-hybridized carbons (Fsp3) is 0.583. The fourth-order valence-corrected chi connectivity index (χ4v) is 4.15. The van der Waals surface area contributed by atoms with Crippen LogP contribution in [0.5, 0.6) is 0 Å². The van der Waals surface area contributed by atoms with E-state index < -0.39 is 25.4 Å². The van der Waals surface area contributed by atoms with Crippen molar-refractivity contribution in [1.82, 2.24) is 0 Å². The highest BCUT2D eigenvalue weighted by Crippen LogP contribution is 2.41. The molecule has 0 N–H and O–H groups in total. The Hall–Kier alpha value is -2.06. The van der Waals surface area contributed by atoms with E-state index in [0.717, 1.165) is 36.0 Å². The van der Waals surface area contributed by atoms with Crippen molar-refractivity contribution in [1.29, 1.82) is 0 Å². The largest absolute Gasteiger partial charge is 0.465 e. The zero-order valence-electron chi connectivity index (χ0n) is 18.7. The van der Waals surface area contributed by atoms with Crippen molar-refractivity contribution in [2.45, 2.75) is 72.5 Å². The van der Waals surface area contributed by atoms with Gasteiger partial charge in [-0.1, -0.05) is 45.0 Å². The maximum atomic E-state index is 12.8. The Morgan fingerprint density at radius 1 is 1.00 bits per heavy atom. The summed E-state index contributed by atoms with van der Waals surface area (Å²) < 4.78 is 10.6. The van der Waals surface area contributed by atoms with E-state index in [4.69, 9.17) is 9.47 Å². The zero-order chi connectivity index (χ0) is 21.7. The Morgan fingerprint density at radius 3 is 2.03 bits per heavy atom. The molecule has 0 atom stereocenters. The fourth-order valence-electron chi connectivity index (χ4n) is 3.64. The third kappa shape index (κ3) is 5.51. The van der Waals surface area contributed by atoms with Crippen LogP contribution in [0.15, 0.2) is 12.1 Å². The molecular weight excluding hydrogens is 380 g/mol. The van der Waals surface area contributed by atoms with Crippen LogP contribution in [-0.2, 0) is 38.3 Å². The Labute approximate surface area is 176 Å². The standard InChI is InChI=1S/C24H34O4Si/c1-7-10-11-18-14-20-16-24(22(25)27-8-2,23(26)28-9-3)17-21(20)15-19(18)12-13-29(4,5)6/h14-15H,7-11,16-17H2,1-6H3. The highest BCUT2D eigenvalue weighted by molar-refractivity contribution is 6.83. The number of ether oxygens (including phenoxy) is 2. The summed E-state index contributed by atoms with van der Waals surface area (Å²) in [7, 11) is -1.51. The second kappa shape index (κ2) is 9.62. The summed E-state index contributed by atoms with van der Waals surface area (Å²) in [5.41, 5.74) is 6.46. The van der Waals surface area contributed by atoms with Crippen LogP contribution in [-0.4, -0.2) is 33.2 Å². The van der Waals surface area contributed by atoms with E-state index in [9.17, 15) is 9.59 Å².